The molecule has 4 heteroatoms. The molecule has 0 spiro atoms. The molecule has 21 heavy (non-hydrogen) atoms. The van der Waals surface area contributed by atoms with E-state index in [4.69, 9.17) is 0 Å². The zero-order valence-electron chi connectivity index (χ0n) is 13.0. The Hall–Kier alpha value is -1.68. The normalized spacial score (nSPS) is 15.7. The number of fused-ring (bicyclic) bond motifs is 1. The molecule has 0 saturated carbocycles. The maximum atomic E-state index is 4.66. The van der Waals surface area contributed by atoms with Crippen LogP contribution in [-0.4, -0.2) is 21.1 Å². The maximum absolute atomic E-state index is 4.66. The fraction of sp³-hybridized carbons (Fsp3) is 0.529. The number of aryl methyl sites for hydroxylation is 1. The molecular formula is C17H24N4. The molecule has 112 valence electrons. The summed E-state index contributed by atoms with van der Waals surface area (Å²) in [5, 5.41) is 3.47. The maximum Gasteiger partial charge on any atom is 0.0998 e. The van der Waals surface area contributed by atoms with Crippen LogP contribution in [0.4, 0.5) is 0 Å². The lowest BCUT2D eigenvalue weighted by Gasteiger charge is -2.17. The Balaban J connectivity index is 1.85. The summed E-state index contributed by atoms with van der Waals surface area (Å²) >= 11 is 0. The lowest BCUT2D eigenvalue weighted by molar-refractivity contribution is 0.524. The summed E-state index contributed by atoms with van der Waals surface area (Å²) in [7, 11) is 0. The predicted octanol–water partition coefficient (Wildman–Crippen LogP) is 3.21. The Kier molecular flexibility index (Phi) is 4.34. The monoisotopic (exact) mass is 284 g/mol. The fourth-order valence-electron chi connectivity index (χ4n) is 3.14. The van der Waals surface area contributed by atoms with Gasteiger partial charge in [0.15, 0.2) is 0 Å². The molecular weight excluding hydrogens is 260 g/mol. The molecule has 0 aromatic carbocycles. The summed E-state index contributed by atoms with van der Waals surface area (Å²) < 4.78 is 2.21. The van der Waals surface area contributed by atoms with Crippen molar-refractivity contribution < 1.29 is 0 Å². The standard InChI is InChI=1S/C17H24N4/c1-3-14(18-4-2)15-10-9-13(11-19-15)21-12-20-16-7-5-6-8-17(16)21/h9-12,14,18H,3-8H2,1-2H3. The molecule has 0 radical (unpaired) electrons. The van der Waals surface area contributed by atoms with Crippen molar-refractivity contribution in [3.8, 4) is 5.69 Å². The zero-order valence-corrected chi connectivity index (χ0v) is 13.0. The number of hydrogen-bond donors (Lipinski definition) is 1. The Morgan fingerprint density at radius 1 is 1.19 bits per heavy atom. The molecule has 1 aliphatic carbocycles. The van der Waals surface area contributed by atoms with Crippen molar-refractivity contribution in [1.29, 1.82) is 0 Å². The summed E-state index contributed by atoms with van der Waals surface area (Å²) in [6.45, 7) is 5.29. The van der Waals surface area contributed by atoms with Gasteiger partial charge in [-0.3, -0.25) is 4.98 Å². The minimum Gasteiger partial charge on any atom is -0.309 e. The first-order valence-electron chi connectivity index (χ1n) is 8.08. The third kappa shape index (κ3) is 2.86. The van der Waals surface area contributed by atoms with Gasteiger partial charge in [-0.1, -0.05) is 13.8 Å². The Labute approximate surface area is 126 Å². The van der Waals surface area contributed by atoms with Gasteiger partial charge in [0, 0.05) is 11.7 Å². The van der Waals surface area contributed by atoms with E-state index < -0.39 is 0 Å². The lowest BCUT2D eigenvalue weighted by Crippen LogP contribution is -2.21. The fourth-order valence-corrected chi connectivity index (χ4v) is 3.14. The van der Waals surface area contributed by atoms with Gasteiger partial charge in [0.2, 0.25) is 0 Å². The van der Waals surface area contributed by atoms with Crippen molar-refractivity contribution in [2.45, 2.75) is 52.0 Å². The lowest BCUT2D eigenvalue weighted by atomic mass is 10.0. The topological polar surface area (TPSA) is 42.7 Å². The Morgan fingerprint density at radius 2 is 2.05 bits per heavy atom. The number of aromatic nitrogens is 3. The van der Waals surface area contributed by atoms with E-state index in [0.29, 0.717) is 6.04 Å². The second kappa shape index (κ2) is 6.39. The van der Waals surface area contributed by atoms with Crippen molar-refractivity contribution >= 4 is 0 Å². The Bertz CT molecular complexity index is 585. The molecule has 0 bridgehead atoms. The van der Waals surface area contributed by atoms with Crippen molar-refractivity contribution in [2.24, 2.45) is 0 Å². The van der Waals surface area contributed by atoms with E-state index in [1.807, 2.05) is 12.5 Å². The molecule has 2 aromatic heterocycles. The number of hydrogen-bond acceptors (Lipinski definition) is 3. The average molecular weight is 284 g/mol. The van der Waals surface area contributed by atoms with Gasteiger partial charge < -0.3 is 9.88 Å². The minimum absolute atomic E-state index is 0.348. The third-order valence-electron chi connectivity index (χ3n) is 4.29. The van der Waals surface area contributed by atoms with E-state index in [9.17, 15) is 0 Å². The molecule has 0 amide bonds. The van der Waals surface area contributed by atoms with Crippen LogP contribution in [0.15, 0.2) is 24.7 Å². The molecule has 0 fully saturated rings. The highest BCUT2D eigenvalue weighted by atomic mass is 15.1. The van der Waals surface area contributed by atoms with Crippen molar-refractivity contribution in [3.05, 3.63) is 41.7 Å². The van der Waals surface area contributed by atoms with E-state index in [1.165, 1.54) is 24.2 Å². The number of imidazole rings is 1. The van der Waals surface area contributed by atoms with Crippen LogP contribution < -0.4 is 5.32 Å². The summed E-state index contributed by atoms with van der Waals surface area (Å²) in [5.41, 5.74) is 4.89. The summed E-state index contributed by atoms with van der Waals surface area (Å²) in [6.07, 6.45) is 9.77. The van der Waals surface area contributed by atoms with E-state index in [2.05, 4.69) is 45.8 Å². The molecule has 0 aliphatic heterocycles. The van der Waals surface area contributed by atoms with Gasteiger partial charge in [-0.15, -0.1) is 0 Å². The zero-order chi connectivity index (χ0) is 14.7. The highest BCUT2D eigenvalue weighted by molar-refractivity contribution is 5.35. The van der Waals surface area contributed by atoms with Gasteiger partial charge in [0.05, 0.1) is 29.6 Å². The van der Waals surface area contributed by atoms with Crippen molar-refractivity contribution in [3.63, 3.8) is 0 Å². The van der Waals surface area contributed by atoms with E-state index >= 15 is 0 Å². The molecule has 0 saturated heterocycles. The molecule has 2 aromatic rings. The molecule has 4 nitrogen and oxygen atoms in total. The SMILES string of the molecule is CCNC(CC)c1ccc(-n2cnc3c2CCCC3)cn1. The van der Waals surface area contributed by atoms with Crippen LogP contribution in [-0.2, 0) is 12.8 Å². The first-order valence-corrected chi connectivity index (χ1v) is 8.08. The van der Waals surface area contributed by atoms with Crippen LogP contribution in [0.2, 0.25) is 0 Å². The van der Waals surface area contributed by atoms with Crippen LogP contribution in [0.25, 0.3) is 5.69 Å². The molecule has 3 rings (SSSR count). The quantitative estimate of drug-likeness (QED) is 0.917. The second-order valence-electron chi connectivity index (χ2n) is 5.67. The minimum atomic E-state index is 0.348. The van der Waals surface area contributed by atoms with Gasteiger partial charge in [-0.05, 0) is 50.8 Å². The van der Waals surface area contributed by atoms with Crippen molar-refractivity contribution in [2.75, 3.05) is 6.54 Å². The van der Waals surface area contributed by atoms with Gasteiger partial charge in [0.25, 0.3) is 0 Å². The molecule has 2 heterocycles. The average Bonchev–Trinajstić information content (AvgIpc) is 2.97. The van der Waals surface area contributed by atoms with Gasteiger partial charge in [0.1, 0.15) is 0 Å². The number of pyridine rings is 1. The molecule has 1 atom stereocenters. The smallest absolute Gasteiger partial charge is 0.0998 e. The van der Waals surface area contributed by atoms with E-state index in [0.717, 1.165) is 37.2 Å². The number of rotatable bonds is 5. The van der Waals surface area contributed by atoms with Gasteiger partial charge >= 0.3 is 0 Å². The second-order valence-corrected chi connectivity index (χ2v) is 5.67. The van der Waals surface area contributed by atoms with E-state index in [1.54, 1.807) is 0 Å². The molecule has 1 N–H and O–H groups in total. The van der Waals surface area contributed by atoms with E-state index in [-0.39, 0.29) is 0 Å². The largest absolute Gasteiger partial charge is 0.309 e. The van der Waals surface area contributed by atoms with Gasteiger partial charge in [-0.2, -0.15) is 0 Å². The summed E-state index contributed by atoms with van der Waals surface area (Å²) in [5.74, 6) is 0. The number of nitrogens with zero attached hydrogens (tertiary/aromatic N) is 3. The van der Waals surface area contributed by atoms with Crippen LogP contribution >= 0.6 is 0 Å². The first kappa shape index (κ1) is 14.3. The van der Waals surface area contributed by atoms with Crippen LogP contribution in [0, 0.1) is 0 Å². The van der Waals surface area contributed by atoms with Gasteiger partial charge in [-0.25, -0.2) is 4.98 Å². The Morgan fingerprint density at radius 3 is 2.76 bits per heavy atom. The van der Waals surface area contributed by atoms with Crippen LogP contribution in [0.3, 0.4) is 0 Å². The number of nitrogens with one attached hydrogen (secondary N) is 1. The summed E-state index contributed by atoms with van der Waals surface area (Å²) in [4.78, 5) is 9.22. The molecule has 1 unspecified atom stereocenters. The highest BCUT2D eigenvalue weighted by Gasteiger charge is 2.16. The summed E-state index contributed by atoms with van der Waals surface area (Å²) in [6, 6.07) is 4.65. The van der Waals surface area contributed by atoms with Crippen molar-refractivity contribution in [1.82, 2.24) is 19.9 Å². The predicted molar refractivity (Wildman–Crippen MR) is 84.7 cm³/mol. The van der Waals surface area contributed by atoms with Crippen LogP contribution in [0.1, 0.15) is 56.2 Å². The molecule has 1 aliphatic rings. The van der Waals surface area contributed by atoms with Crippen LogP contribution in [0.5, 0.6) is 0 Å². The third-order valence-corrected chi connectivity index (χ3v) is 4.29. The highest BCUT2D eigenvalue weighted by Crippen LogP contribution is 2.23. The first-order chi connectivity index (χ1) is 10.3.